The molecule has 0 aliphatic heterocycles. The van der Waals surface area contributed by atoms with Crippen molar-refractivity contribution < 1.29 is 0 Å². The fourth-order valence-corrected chi connectivity index (χ4v) is 8.22. The summed E-state index contributed by atoms with van der Waals surface area (Å²) >= 11 is 0. The molecule has 0 bridgehead atoms. The van der Waals surface area contributed by atoms with Gasteiger partial charge in [-0.2, -0.15) is 0 Å². The molecule has 0 atom stereocenters. The first-order valence-electron chi connectivity index (χ1n) is 27.7. The van der Waals surface area contributed by atoms with Gasteiger partial charge < -0.3 is 0 Å². The Labute approximate surface area is 505 Å². The molecule has 0 heterocycles. The summed E-state index contributed by atoms with van der Waals surface area (Å²) in [6.45, 7) is 0. The van der Waals surface area contributed by atoms with Crippen molar-refractivity contribution in [3.8, 4) is 118 Å². The van der Waals surface area contributed by atoms with Gasteiger partial charge in [0.15, 0.2) is 0 Å². The number of hydrogen-bond acceptors (Lipinski definition) is 0. The average Bonchev–Trinajstić information content (AvgIpc) is 3.63. The van der Waals surface area contributed by atoms with E-state index in [4.69, 9.17) is 0 Å². The molecule has 11 rings (SSSR count). The van der Waals surface area contributed by atoms with Crippen molar-refractivity contribution in [2.75, 3.05) is 0 Å². The van der Waals surface area contributed by atoms with Gasteiger partial charge in [0.05, 0.1) is 0 Å². The summed E-state index contributed by atoms with van der Waals surface area (Å²) in [5.74, 6) is 64.9. The zero-order valence-electron chi connectivity index (χ0n) is 46.6. The van der Waals surface area contributed by atoms with Crippen molar-refractivity contribution in [3.05, 3.63) is 390 Å². The number of benzene rings is 11. The Balaban J connectivity index is 0.604. The summed E-state index contributed by atoms with van der Waals surface area (Å²) in [6.07, 6.45) is 0. The van der Waals surface area contributed by atoms with Gasteiger partial charge in [-0.1, -0.05) is 155 Å². The van der Waals surface area contributed by atoms with Gasteiger partial charge in [0.2, 0.25) is 0 Å². The fourth-order valence-electron chi connectivity index (χ4n) is 8.22. The first-order chi connectivity index (χ1) is 42.5. The minimum absolute atomic E-state index is 0.912. The van der Waals surface area contributed by atoms with Crippen molar-refractivity contribution in [3.63, 3.8) is 0 Å². The molecule has 86 heavy (non-hydrogen) atoms. The second kappa shape index (κ2) is 28.4. The number of rotatable bonds is 0. The van der Waals surface area contributed by atoms with Crippen LogP contribution in [0.15, 0.2) is 279 Å². The Kier molecular flexibility index (Phi) is 18.2. The summed E-state index contributed by atoms with van der Waals surface area (Å²) in [5, 5.41) is 0. The largest absolute Gasteiger partial charge is 0.0622 e. The average molecular weight is 1080 g/mol. The van der Waals surface area contributed by atoms with Crippen LogP contribution >= 0.6 is 0 Å². The van der Waals surface area contributed by atoms with Gasteiger partial charge in [0, 0.05) is 111 Å². The van der Waals surface area contributed by atoms with Gasteiger partial charge in [-0.15, -0.1) is 0 Å². The van der Waals surface area contributed by atoms with Crippen LogP contribution in [0.5, 0.6) is 0 Å². The zero-order chi connectivity index (χ0) is 58.2. The highest BCUT2D eigenvalue weighted by Gasteiger charge is 1.98. The van der Waals surface area contributed by atoms with Crippen LogP contribution in [0.3, 0.4) is 0 Å². The van der Waals surface area contributed by atoms with Gasteiger partial charge in [-0.05, 0) is 243 Å². The molecule has 0 radical (unpaired) electrons. The van der Waals surface area contributed by atoms with Crippen molar-refractivity contribution in [2.45, 2.75) is 0 Å². The minimum atomic E-state index is 0.912. The van der Waals surface area contributed by atoms with E-state index in [1.165, 1.54) is 0 Å². The Hall–Kier alpha value is -13.0. The minimum Gasteiger partial charge on any atom is -0.0622 e. The van der Waals surface area contributed by atoms with Gasteiger partial charge in [0.25, 0.3) is 0 Å². The molecule has 0 saturated heterocycles. The van der Waals surface area contributed by atoms with E-state index in [0.717, 1.165) is 111 Å². The van der Waals surface area contributed by atoms with Gasteiger partial charge in [0.1, 0.15) is 0 Å². The lowest BCUT2D eigenvalue weighted by molar-refractivity contribution is 1.57. The van der Waals surface area contributed by atoms with E-state index < -0.39 is 0 Å². The molecule has 0 N–H and O–H groups in total. The molecule has 0 spiro atoms. The maximum Gasteiger partial charge on any atom is 0.0249 e. The summed E-state index contributed by atoms with van der Waals surface area (Å²) in [6, 6.07) is 91.8. The van der Waals surface area contributed by atoms with Crippen LogP contribution < -0.4 is 0 Å². The Morgan fingerprint density at radius 2 is 0.151 bits per heavy atom. The van der Waals surface area contributed by atoms with E-state index in [1.807, 2.05) is 279 Å². The Morgan fingerprint density at radius 3 is 0.233 bits per heavy atom. The topological polar surface area (TPSA) is 0 Å². The van der Waals surface area contributed by atoms with E-state index >= 15 is 0 Å². The summed E-state index contributed by atoms with van der Waals surface area (Å²) in [7, 11) is 0. The van der Waals surface area contributed by atoms with Gasteiger partial charge in [-0.3, -0.25) is 0 Å². The molecule has 0 nitrogen and oxygen atoms in total. The molecule has 11 aromatic carbocycles. The molecular formula is C86H46. The van der Waals surface area contributed by atoms with Gasteiger partial charge in [-0.25, -0.2) is 0 Å². The van der Waals surface area contributed by atoms with Gasteiger partial charge >= 0.3 is 0 Å². The van der Waals surface area contributed by atoms with Crippen LogP contribution in [0, 0.1) is 118 Å². The maximum absolute atomic E-state index is 3.27. The fraction of sp³-hybridized carbons (Fsp3) is 0. The quantitative estimate of drug-likeness (QED) is 0.133. The van der Waals surface area contributed by atoms with Crippen LogP contribution in [-0.2, 0) is 0 Å². The van der Waals surface area contributed by atoms with Crippen LogP contribution in [0.1, 0.15) is 111 Å². The highest BCUT2D eigenvalue weighted by molar-refractivity contribution is 5.56. The van der Waals surface area contributed by atoms with E-state index in [1.54, 1.807) is 0 Å². The van der Waals surface area contributed by atoms with Crippen molar-refractivity contribution >= 4 is 0 Å². The summed E-state index contributed by atoms with van der Waals surface area (Å²) < 4.78 is 0. The predicted octanol–water partition coefficient (Wildman–Crippen LogP) is 15.7. The van der Waals surface area contributed by atoms with Crippen LogP contribution in [-0.4, -0.2) is 0 Å². The zero-order valence-corrected chi connectivity index (χ0v) is 46.6. The molecule has 0 unspecified atom stereocenters. The second-order valence-corrected chi connectivity index (χ2v) is 19.4. The molecular weight excluding hydrogens is 1030 g/mol. The van der Waals surface area contributed by atoms with Crippen molar-refractivity contribution in [1.29, 1.82) is 0 Å². The predicted molar refractivity (Wildman–Crippen MR) is 351 cm³/mol. The van der Waals surface area contributed by atoms with E-state index in [9.17, 15) is 0 Å². The smallest absolute Gasteiger partial charge is 0.0249 e. The second-order valence-electron chi connectivity index (χ2n) is 19.4. The third kappa shape index (κ3) is 17.0. The van der Waals surface area contributed by atoms with Crippen molar-refractivity contribution in [2.24, 2.45) is 0 Å². The van der Waals surface area contributed by atoms with E-state index in [-0.39, 0.29) is 0 Å². The Morgan fingerprint density at radius 1 is 0.0814 bits per heavy atom. The molecule has 0 fully saturated rings. The summed E-state index contributed by atoms with van der Waals surface area (Å²) in [4.78, 5) is 0. The monoisotopic (exact) mass is 1080 g/mol. The number of hydrogen-bond donors (Lipinski definition) is 0. The maximum atomic E-state index is 3.27. The molecule has 390 valence electrons. The lowest BCUT2D eigenvalue weighted by atomic mass is 10.1. The molecule has 11 aromatic rings. The first kappa shape index (κ1) is 55.0. The van der Waals surface area contributed by atoms with Crippen molar-refractivity contribution in [1.82, 2.24) is 0 Å². The highest BCUT2D eigenvalue weighted by atomic mass is 14.0. The van der Waals surface area contributed by atoms with Crippen LogP contribution in [0.2, 0.25) is 0 Å². The molecule has 0 amide bonds. The lowest BCUT2D eigenvalue weighted by Gasteiger charge is -1.95. The standard InChI is InChI=1S/C86H46/c1-3-7-67(8-4-1)11-13-69-15-19-71(20-16-69)23-25-73-27-31-75(32-28-73)35-37-77-39-43-79(44-40-77)47-49-81-51-55-83(56-52-81)59-61-85-63-65-86(66-64-85)62-60-84-57-53-82(54-58-84)50-48-80-45-41-78(42-46-80)38-36-76-33-29-74(30-34-76)26-24-72-21-17-70(18-22-72)14-12-68-9-5-2-6-10-68/h1-10,15-22,27-34,39-46,51-58,63-66H. The third-order valence-corrected chi connectivity index (χ3v) is 13.0. The molecule has 0 aliphatic rings. The highest BCUT2D eigenvalue weighted by Crippen LogP contribution is 2.13. The first-order valence-corrected chi connectivity index (χ1v) is 27.7. The molecule has 0 heteroatoms. The Bertz CT molecular complexity index is 4570. The van der Waals surface area contributed by atoms with Crippen LogP contribution in [0.4, 0.5) is 0 Å². The van der Waals surface area contributed by atoms with E-state index in [2.05, 4.69) is 118 Å². The van der Waals surface area contributed by atoms with E-state index in [0.29, 0.717) is 0 Å². The lowest BCUT2D eigenvalue weighted by Crippen LogP contribution is -1.81. The molecule has 0 aliphatic carbocycles. The normalized spacial score (nSPS) is 9.40. The third-order valence-electron chi connectivity index (χ3n) is 13.0. The van der Waals surface area contributed by atoms with Crippen LogP contribution in [0.25, 0.3) is 0 Å². The molecule has 0 aromatic heterocycles. The summed E-state index contributed by atoms with van der Waals surface area (Å²) in [5.41, 5.74) is 18.6. The molecule has 0 saturated carbocycles. The SMILES string of the molecule is C(#Cc1ccc(C#Cc2ccc(C#Cc3ccc(C#Cc4ccc(C#Cc5ccc(C#Cc6ccc(C#Cc7ccc(C#Cc8ccc(C#Cc9ccc(C#Cc%10ccccc%10)cc9)cc8)cc7)cc6)cc5)cc4)cc3)cc2)cc1)c1ccccc1.